The van der Waals surface area contributed by atoms with Crippen LogP contribution in [0.25, 0.3) is 0 Å². The summed E-state index contributed by atoms with van der Waals surface area (Å²) in [6.45, 7) is 1.63. The summed E-state index contributed by atoms with van der Waals surface area (Å²) in [6, 6.07) is 7.83. The minimum absolute atomic E-state index is 0.277. The van der Waals surface area contributed by atoms with Crippen LogP contribution in [0.1, 0.15) is 49.3 Å². The third-order valence-electron chi connectivity index (χ3n) is 3.37. The van der Waals surface area contributed by atoms with Crippen LogP contribution >= 0.6 is 0 Å². The van der Waals surface area contributed by atoms with Crippen LogP contribution in [0.3, 0.4) is 0 Å². The van der Waals surface area contributed by atoms with Gasteiger partial charge in [0.2, 0.25) is 0 Å². The van der Waals surface area contributed by atoms with Crippen LogP contribution in [0.15, 0.2) is 24.3 Å². The van der Waals surface area contributed by atoms with E-state index >= 15 is 0 Å². The summed E-state index contributed by atoms with van der Waals surface area (Å²) in [5.41, 5.74) is 2.10. The quantitative estimate of drug-likeness (QED) is 0.823. The van der Waals surface area contributed by atoms with Gasteiger partial charge in [-0.05, 0) is 36.3 Å². The first-order valence-corrected chi connectivity index (χ1v) is 6.09. The molecule has 0 radical (unpaired) electrons. The van der Waals surface area contributed by atoms with Crippen molar-refractivity contribution in [2.24, 2.45) is 5.92 Å². The third kappa shape index (κ3) is 2.86. The highest BCUT2D eigenvalue weighted by Crippen LogP contribution is 2.43. The molecule has 0 aliphatic heterocycles. The van der Waals surface area contributed by atoms with E-state index in [9.17, 15) is 9.90 Å². The lowest BCUT2D eigenvalue weighted by atomic mass is 9.93. The minimum Gasteiger partial charge on any atom is -0.481 e. The van der Waals surface area contributed by atoms with Gasteiger partial charge in [0.15, 0.2) is 0 Å². The minimum atomic E-state index is -0.854. The Morgan fingerprint density at radius 3 is 2.65 bits per heavy atom. The fourth-order valence-electron chi connectivity index (χ4n) is 2.14. The van der Waals surface area contributed by atoms with Gasteiger partial charge in [-0.2, -0.15) is 0 Å². The van der Waals surface area contributed by atoms with Crippen LogP contribution in [-0.2, 0) is 4.79 Å². The number of aliphatic hydroxyl groups excluding tert-OH is 1. The summed E-state index contributed by atoms with van der Waals surface area (Å²) in [7, 11) is 0. The van der Waals surface area contributed by atoms with Crippen molar-refractivity contribution in [3.8, 4) is 0 Å². The van der Waals surface area contributed by atoms with E-state index < -0.39 is 18.0 Å². The Morgan fingerprint density at radius 2 is 2.06 bits per heavy atom. The van der Waals surface area contributed by atoms with Crippen molar-refractivity contribution < 1.29 is 15.0 Å². The molecule has 2 unspecified atom stereocenters. The first kappa shape index (κ1) is 12.1. The molecule has 1 aromatic carbocycles. The Balaban J connectivity index is 2.13. The summed E-state index contributed by atoms with van der Waals surface area (Å²) in [5.74, 6) is -0.800. The van der Waals surface area contributed by atoms with E-state index in [0.717, 1.165) is 5.56 Å². The van der Waals surface area contributed by atoms with E-state index in [0.29, 0.717) is 5.92 Å². The van der Waals surface area contributed by atoms with Gasteiger partial charge >= 0.3 is 5.97 Å². The molecule has 0 aromatic heterocycles. The van der Waals surface area contributed by atoms with Crippen molar-refractivity contribution in [2.45, 2.75) is 38.2 Å². The highest BCUT2D eigenvalue weighted by Gasteiger charge is 2.28. The Bertz CT molecular complexity index is 410. The van der Waals surface area contributed by atoms with Crippen LogP contribution in [-0.4, -0.2) is 16.2 Å². The van der Waals surface area contributed by atoms with E-state index in [2.05, 4.69) is 0 Å². The molecule has 1 aromatic rings. The number of hydrogen-bond donors (Lipinski definition) is 2. The van der Waals surface area contributed by atoms with Crippen molar-refractivity contribution in [3.05, 3.63) is 35.4 Å². The molecule has 1 aliphatic rings. The van der Waals surface area contributed by atoms with Gasteiger partial charge in [0.05, 0.1) is 12.0 Å². The van der Waals surface area contributed by atoms with Gasteiger partial charge in [0.1, 0.15) is 0 Å². The molecule has 2 rings (SSSR count). The third-order valence-corrected chi connectivity index (χ3v) is 3.37. The molecular formula is C14H18O3. The molecule has 1 fully saturated rings. The van der Waals surface area contributed by atoms with Gasteiger partial charge < -0.3 is 10.2 Å². The Morgan fingerprint density at radius 1 is 1.41 bits per heavy atom. The largest absolute Gasteiger partial charge is 0.481 e. The number of benzene rings is 1. The molecule has 92 valence electrons. The molecule has 2 atom stereocenters. The molecule has 1 aliphatic carbocycles. The summed E-state index contributed by atoms with van der Waals surface area (Å²) >= 11 is 0. The standard InChI is InChI=1S/C14H18O3/c1-9(14(16)17)8-13(15)12-5-3-2-4-11(12)10-6-7-10/h2-5,9-10,13,15H,6-8H2,1H3,(H,16,17). The number of carboxylic acid groups (broad SMARTS) is 1. The van der Waals surface area contributed by atoms with Gasteiger partial charge in [-0.1, -0.05) is 31.2 Å². The van der Waals surface area contributed by atoms with Gasteiger partial charge in [-0.25, -0.2) is 0 Å². The zero-order chi connectivity index (χ0) is 12.4. The van der Waals surface area contributed by atoms with E-state index in [1.54, 1.807) is 6.92 Å². The number of aliphatic hydroxyl groups is 1. The summed E-state index contributed by atoms with van der Waals surface area (Å²) in [6.07, 6.45) is 1.97. The maximum absolute atomic E-state index is 10.8. The van der Waals surface area contributed by atoms with Crippen molar-refractivity contribution in [2.75, 3.05) is 0 Å². The zero-order valence-corrected chi connectivity index (χ0v) is 9.97. The average molecular weight is 234 g/mol. The van der Waals surface area contributed by atoms with Gasteiger partial charge in [-0.3, -0.25) is 4.79 Å². The van der Waals surface area contributed by atoms with Crippen molar-refractivity contribution in [3.63, 3.8) is 0 Å². The molecule has 17 heavy (non-hydrogen) atoms. The number of hydrogen-bond acceptors (Lipinski definition) is 2. The number of carbonyl (C=O) groups is 1. The SMILES string of the molecule is CC(CC(O)c1ccccc1C1CC1)C(=O)O. The molecule has 0 bridgehead atoms. The molecule has 3 heteroatoms. The molecule has 2 N–H and O–H groups in total. The van der Waals surface area contributed by atoms with Crippen molar-refractivity contribution >= 4 is 5.97 Å². The topological polar surface area (TPSA) is 57.5 Å². The van der Waals surface area contributed by atoms with Crippen LogP contribution in [0.2, 0.25) is 0 Å². The second-order valence-electron chi connectivity index (χ2n) is 4.89. The van der Waals surface area contributed by atoms with Crippen molar-refractivity contribution in [1.82, 2.24) is 0 Å². The summed E-state index contributed by atoms with van der Waals surface area (Å²) < 4.78 is 0. The van der Waals surface area contributed by atoms with E-state index in [4.69, 9.17) is 5.11 Å². The Kier molecular flexibility index (Phi) is 3.48. The number of carboxylic acids is 1. The second kappa shape index (κ2) is 4.88. The molecule has 3 nitrogen and oxygen atoms in total. The van der Waals surface area contributed by atoms with Gasteiger partial charge in [-0.15, -0.1) is 0 Å². The molecular weight excluding hydrogens is 216 g/mol. The van der Waals surface area contributed by atoms with Gasteiger partial charge in [0.25, 0.3) is 0 Å². The van der Waals surface area contributed by atoms with Crippen LogP contribution in [0.4, 0.5) is 0 Å². The maximum atomic E-state index is 10.8. The van der Waals surface area contributed by atoms with Crippen molar-refractivity contribution in [1.29, 1.82) is 0 Å². The predicted molar refractivity (Wildman–Crippen MR) is 64.8 cm³/mol. The predicted octanol–water partition coefficient (Wildman–Crippen LogP) is 2.71. The molecule has 0 saturated heterocycles. The molecule has 0 amide bonds. The fraction of sp³-hybridized carbons (Fsp3) is 0.500. The monoisotopic (exact) mass is 234 g/mol. The van der Waals surface area contributed by atoms with E-state index in [-0.39, 0.29) is 6.42 Å². The molecule has 1 saturated carbocycles. The van der Waals surface area contributed by atoms with Crippen LogP contribution in [0.5, 0.6) is 0 Å². The first-order valence-electron chi connectivity index (χ1n) is 6.09. The summed E-state index contributed by atoms with van der Waals surface area (Å²) in [4.78, 5) is 10.8. The normalized spacial score (nSPS) is 18.7. The lowest BCUT2D eigenvalue weighted by Gasteiger charge is -2.17. The van der Waals surface area contributed by atoms with E-state index in [1.165, 1.54) is 18.4 Å². The molecule has 0 heterocycles. The highest BCUT2D eigenvalue weighted by atomic mass is 16.4. The zero-order valence-electron chi connectivity index (χ0n) is 9.97. The smallest absolute Gasteiger partial charge is 0.306 e. The van der Waals surface area contributed by atoms with Crippen LogP contribution in [0, 0.1) is 5.92 Å². The fourth-order valence-corrected chi connectivity index (χ4v) is 2.14. The Labute approximate surface area is 101 Å². The van der Waals surface area contributed by atoms with E-state index in [1.807, 2.05) is 24.3 Å². The lowest BCUT2D eigenvalue weighted by molar-refractivity contribution is -0.142. The highest BCUT2D eigenvalue weighted by molar-refractivity contribution is 5.69. The number of aliphatic carboxylic acids is 1. The van der Waals surface area contributed by atoms with Gasteiger partial charge in [0, 0.05) is 0 Å². The average Bonchev–Trinajstić information content (AvgIpc) is 3.12. The van der Waals surface area contributed by atoms with Crippen LogP contribution < -0.4 is 0 Å². The lowest BCUT2D eigenvalue weighted by Crippen LogP contribution is -2.14. The summed E-state index contributed by atoms with van der Waals surface area (Å²) in [5, 5.41) is 19.0. The first-order chi connectivity index (χ1) is 8.09. The molecule has 0 spiro atoms. The number of rotatable bonds is 5. The maximum Gasteiger partial charge on any atom is 0.306 e. The second-order valence-corrected chi connectivity index (χ2v) is 4.89. The Hall–Kier alpha value is -1.35.